The SMILES string of the molecule is NCC1CN(CCc2ccc(Cl)cc2)C(=O)O1. The molecule has 0 aliphatic carbocycles. The zero-order valence-corrected chi connectivity index (χ0v) is 10.2. The second kappa shape index (κ2) is 5.38. The molecular weight excluding hydrogens is 240 g/mol. The first-order chi connectivity index (χ1) is 8.19. The lowest BCUT2D eigenvalue weighted by atomic mass is 10.1. The van der Waals surface area contributed by atoms with E-state index in [9.17, 15) is 4.79 Å². The van der Waals surface area contributed by atoms with Gasteiger partial charge in [-0.1, -0.05) is 23.7 Å². The summed E-state index contributed by atoms with van der Waals surface area (Å²) < 4.78 is 5.07. The normalized spacial score (nSPS) is 19.5. The summed E-state index contributed by atoms with van der Waals surface area (Å²) >= 11 is 5.80. The van der Waals surface area contributed by atoms with Gasteiger partial charge in [-0.05, 0) is 24.1 Å². The minimum absolute atomic E-state index is 0.160. The fourth-order valence-electron chi connectivity index (χ4n) is 1.80. The Balaban J connectivity index is 1.86. The van der Waals surface area contributed by atoms with Gasteiger partial charge in [-0.15, -0.1) is 0 Å². The fourth-order valence-corrected chi connectivity index (χ4v) is 1.92. The Morgan fingerprint density at radius 1 is 1.41 bits per heavy atom. The molecule has 1 aliphatic rings. The van der Waals surface area contributed by atoms with Gasteiger partial charge in [0.15, 0.2) is 0 Å². The lowest BCUT2D eigenvalue weighted by molar-refractivity contribution is 0.135. The number of benzene rings is 1. The molecule has 5 heteroatoms. The lowest BCUT2D eigenvalue weighted by Gasteiger charge is -2.12. The monoisotopic (exact) mass is 254 g/mol. The van der Waals surface area contributed by atoms with Crippen LogP contribution in [0.2, 0.25) is 5.02 Å². The molecule has 1 aromatic carbocycles. The molecule has 1 fully saturated rings. The highest BCUT2D eigenvalue weighted by Gasteiger charge is 2.29. The molecule has 1 saturated heterocycles. The predicted molar refractivity (Wildman–Crippen MR) is 66.1 cm³/mol. The topological polar surface area (TPSA) is 55.6 Å². The molecule has 0 saturated carbocycles. The molecule has 4 nitrogen and oxygen atoms in total. The highest BCUT2D eigenvalue weighted by atomic mass is 35.5. The van der Waals surface area contributed by atoms with Crippen LogP contribution >= 0.6 is 11.6 Å². The number of carbonyl (C=O) groups is 1. The summed E-state index contributed by atoms with van der Waals surface area (Å²) in [5.74, 6) is 0. The van der Waals surface area contributed by atoms with Crippen molar-refractivity contribution in [1.82, 2.24) is 4.90 Å². The van der Waals surface area contributed by atoms with Crippen molar-refractivity contribution in [3.05, 3.63) is 34.9 Å². The number of rotatable bonds is 4. The van der Waals surface area contributed by atoms with Crippen molar-refractivity contribution in [2.24, 2.45) is 5.73 Å². The number of nitrogens with zero attached hydrogens (tertiary/aromatic N) is 1. The first-order valence-electron chi connectivity index (χ1n) is 5.59. The molecule has 92 valence electrons. The number of ether oxygens (including phenoxy) is 1. The predicted octanol–water partition coefficient (Wildman–Crippen LogP) is 1.66. The van der Waals surface area contributed by atoms with E-state index in [1.807, 2.05) is 24.3 Å². The Bertz CT molecular complexity index is 394. The Morgan fingerprint density at radius 2 is 2.12 bits per heavy atom. The van der Waals surface area contributed by atoms with E-state index in [-0.39, 0.29) is 12.2 Å². The van der Waals surface area contributed by atoms with Crippen molar-refractivity contribution < 1.29 is 9.53 Å². The van der Waals surface area contributed by atoms with E-state index in [0.717, 1.165) is 17.0 Å². The first-order valence-corrected chi connectivity index (χ1v) is 5.97. The van der Waals surface area contributed by atoms with E-state index in [2.05, 4.69) is 0 Å². The van der Waals surface area contributed by atoms with Crippen LogP contribution in [0.1, 0.15) is 5.56 Å². The van der Waals surface area contributed by atoms with Gasteiger partial charge in [-0.3, -0.25) is 0 Å². The molecule has 1 aliphatic heterocycles. The smallest absolute Gasteiger partial charge is 0.410 e. The van der Waals surface area contributed by atoms with Crippen molar-refractivity contribution in [2.75, 3.05) is 19.6 Å². The third-order valence-corrected chi connectivity index (χ3v) is 3.05. The van der Waals surface area contributed by atoms with Crippen LogP contribution in [0.3, 0.4) is 0 Å². The van der Waals surface area contributed by atoms with Crippen LogP contribution in [-0.2, 0) is 11.2 Å². The molecular formula is C12H15ClN2O2. The van der Waals surface area contributed by atoms with Gasteiger partial charge in [-0.25, -0.2) is 4.79 Å². The highest BCUT2D eigenvalue weighted by molar-refractivity contribution is 6.30. The summed E-state index contributed by atoms with van der Waals surface area (Å²) in [4.78, 5) is 13.1. The number of nitrogens with two attached hydrogens (primary N) is 1. The summed E-state index contributed by atoms with van der Waals surface area (Å²) in [6.45, 7) is 1.61. The van der Waals surface area contributed by atoms with Gasteiger partial charge in [0.2, 0.25) is 0 Å². The number of hydrogen-bond donors (Lipinski definition) is 1. The summed E-state index contributed by atoms with van der Waals surface area (Å²) in [7, 11) is 0. The number of hydrogen-bond acceptors (Lipinski definition) is 3. The van der Waals surface area contributed by atoms with Gasteiger partial charge >= 0.3 is 6.09 Å². The van der Waals surface area contributed by atoms with Gasteiger partial charge in [0.25, 0.3) is 0 Å². The molecule has 2 N–H and O–H groups in total. The molecule has 0 bridgehead atoms. The quantitative estimate of drug-likeness (QED) is 0.889. The van der Waals surface area contributed by atoms with E-state index in [1.165, 1.54) is 0 Å². The highest BCUT2D eigenvalue weighted by Crippen LogP contribution is 2.13. The molecule has 17 heavy (non-hydrogen) atoms. The average molecular weight is 255 g/mol. The van der Waals surface area contributed by atoms with Crippen LogP contribution in [0.15, 0.2) is 24.3 Å². The van der Waals surface area contributed by atoms with E-state index in [1.54, 1.807) is 4.90 Å². The first kappa shape index (κ1) is 12.2. The Labute approximate surface area is 105 Å². The van der Waals surface area contributed by atoms with Crippen LogP contribution in [0.4, 0.5) is 4.79 Å². The average Bonchev–Trinajstić information content (AvgIpc) is 2.69. The molecule has 0 aromatic heterocycles. The Morgan fingerprint density at radius 3 is 2.71 bits per heavy atom. The Kier molecular flexibility index (Phi) is 3.86. The summed E-state index contributed by atoms with van der Waals surface area (Å²) in [5, 5.41) is 0.720. The Hall–Kier alpha value is -1.26. The zero-order chi connectivity index (χ0) is 12.3. The standard InChI is InChI=1S/C12H15ClN2O2/c13-10-3-1-9(2-4-10)5-6-15-8-11(7-14)17-12(15)16/h1-4,11H,5-8,14H2. The van der Waals surface area contributed by atoms with Gasteiger partial charge in [0, 0.05) is 18.1 Å². The molecule has 1 amide bonds. The van der Waals surface area contributed by atoms with Crippen LogP contribution in [0.25, 0.3) is 0 Å². The fraction of sp³-hybridized carbons (Fsp3) is 0.417. The summed E-state index contributed by atoms with van der Waals surface area (Å²) in [6.07, 6.45) is 0.367. The molecule has 0 spiro atoms. The zero-order valence-electron chi connectivity index (χ0n) is 9.43. The number of halogens is 1. The summed E-state index contributed by atoms with van der Waals surface area (Å²) in [5.41, 5.74) is 6.61. The maximum atomic E-state index is 11.4. The van der Waals surface area contributed by atoms with Crippen LogP contribution in [0, 0.1) is 0 Å². The summed E-state index contributed by atoms with van der Waals surface area (Å²) in [6, 6.07) is 7.62. The van der Waals surface area contributed by atoms with E-state index >= 15 is 0 Å². The van der Waals surface area contributed by atoms with Crippen LogP contribution in [-0.4, -0.2) is 36.7 Å². The van der Waals surface area contributed by atoms with Gasteiger partial charge < -0.3 is 15.4 Å². The van der Waals surface area contributed by atoms with Gasteiger partial charge in [0.1, 0.15) is 6.10 Å². The molecule has 1 heterocycles. The van der Waals surface area contributed by atoms with Crippen LogP contribution in [0.5, 0.6) is 0 Å². The molecule has 1 atom stereocenters. The molecule has 1 aromatic rings. The third-order valence-electron chi connectivity index (χ3n) is 2.80. The van der Waals surface area contributed by atoms with Gasteiger partial charge in [-0.2, -0.15) is 0 Å². The van der Waals surface area contributed by atoms with Crippen LogP contribution < -0.4 is 5.73 Å². The van der Waals surface area contributed by atoms with Crippen molar-refractivity contribution in [3.8, 4) is 0 Å². The van der Waals surface area contributed by atoms with Crippen molar-refractivity contribution in [3.63, 3.8) is 0 Å². The minimum atomic E-state index is -0.269. The molecule has 1 unspecified atom stereocenters. The second-order valence-corrected chi connectivity index (χ2v) is 4.50. The van der Waals surface area contributed by atoms with E-state index < -0.39 is 0 Å². The number of cyclic esters (lactones) is 1. The van der Waals surface area contributed by atoms with E-state index in [0.29, 0.717) is 19.6 Å². The van der Waals surface area contributed by atoms with Gasteiger partial charge in [0.05, 0.1) is 6.54 Å². The largest absolute Gasteiger partial charge is 0.443 e. The maximum Gasteiger partial charge on any atom is 0.410 e. The van der Waals surface area contributed by atoms with Crippen molar-refractivity contribution in [2.45, 2.75) is 12.5 Å². The third kappa shape index (κ3) is 3.11. The number of amides is 1. The number of carbonyl (C=O) groups excluding carboxylic acids is 1. The van der Waals surface area contributed by atoms with Crippen molar-refractivity contribution in [1.29, 1.82) is 0 Å². The van der Waals surface area contributed by atoms with E-state index in [4.69, 9.17) is 22.1 Å². The molecule has 2 rings (SSSR count). The molecule has 0 radical (unpaired) electrons. The van der Waals surface area contributed by atoms with Crippen molar-refractivity contribution >= 4 is 17.7 Å². The lowest BCUT2D eigenvalue weighted by Crippen LogP contribution is -2.29. The maximum absolute atomic E-state index is 11.4. The minimum Gasteiger partial charge on any atom is -0.443 e. The second-order valence-electron chi connectivity index (χ2n) is 4.06.